The summed E-state index contributed by atoms with van der Waals surface area (Å²) >= 11 is 0. The van der Waals surface area contributed by atoms with Gasteiger partial charge in [-0.15, -0.1) is 0 Å². The molecule has 0 heterocycles. The second-order valence-corrected chi connectivity index (χ2v) is 7.79. The first kappa shape index (κ1) is 23.8. The highest BCUT2D eigenvalue weighted by Crippen LogP contribution is 2.22. The fourth-order valence-electron chi connectivity index (χ4n) is 2.95. The molecule has 3 N–H and O–H groups in total. The zero-order chi connectivity index (χ0) is 23.5. The van der Waals surface area contributed by atoms with E-state index in [-0.39, 0.29) is 11.0 Å². The number of amides is 2. The number of methoxy groups -OCH3 is 1. The first-order chi connectivity index (χ1) is 14.4. The Kier molecular flexibility index (Phi) is 7.04. The molecule has 0 saturated carbocycles. The van der Waals surface area contributed by atoms with Crippen molar-refractivity contribution in [2.75, 3.05) is 7.11 Å². The van der Waals surface area contributed by atoms with E-state index >= 15 is 0 Å². The average molecular weight is 429 g/mol. The topological polar surface area (TPSA) is 142 Å². The molecule has 0 saturated heterocycles. The first-order valence-electron chi connectivity index (χ1n) is 9.32. The molecule has 0 radical (unpaired) electrons. The van der Waals surface area contributed by atoms with Gasteiger partial charge in [-0.2, -0.15) is 0 Å². The summed E-state index contributed by atoms with van der Waals surface area (Å²) in [6.45, 7) is 6.76. The van der Waals surface area contributed by atoms with Crippen molar-refractivity contribution in [1.29, 1.82) is 0 Å². The predicted molar refractivity (Wildman–Crippen MR) is 114 cm³/mol. The lowest BCUT2D eigenvalue weighted by Gasteiger charge is -2.35. The molecule has 0 aliphatic rings. The molecule has 0 aliphatic carbocycles. The lowest BCUT2D eigenvalue weighted by molar-refractivity contribution is -0.383. The number of nitrogens with zero attached hydrogens (tertiary/aromatic N) is 2. The summed E-state index contributed by atoms with van der Waals surface area (Å²) < 4.78 is 5.23. The molecule has 2 aromatic carbocycles. The van der Waals surface area contributed by atoms with Gasteiger partial charge in [0.2, 0.25) is 0 Å². The van der Waals surface area contributed by atoms with Crippen molar-refractivity contribution in [3.63, 3.8) is 0 Å². The van der Waals surface area contributed by atoms with Gasteiger partial charge in [0.05, 0.1) is 23.0 Å². The molecule has 31 heavy (non-hydrogen) atoms. The fourth-order valence-corrected chi connectivity index (χ4v) is 2.95. The van der Waals surface area contributed by atoms with Gasteiger partial charge in [-0.3, -0.25) is 25.1 Å². The van der Waals surface area contributed by atoms with Gasteiger partial charge < -0.3 is 14.8 Å². The summed E-state index contributed by atoms with van der Waals surface area (Å²) in [5.41, 5.74) is 1.50. The highest BCUT2D eigenvalue weighted by molar-refractivity contribution is 6.60. The van der Waals surface area contributed by atoms with Crippen LogP contribution < -0.4 is 15.6 Å². The second-order valence-electron chi connectivity index (χ2n) is 7.79. The van der Waals surface area contributed by atoms with Crippen molar-refractivity contribution in [2.24, 2.45) is 0 Å². The maximum atomic E-state index is 13.2. The number of nitro groups is 1. The molecule has 0 atom stereocenters. The summed E-state index contributed by atoms with van der Waals surface area (Å²) in [7, 11) is -0.589. The molecule has 2 amide bonds. The Morgan fingerprint density at radius 3 is 2.35 bits per heavy atom. The molecular formula is C20H24BN3O7. The Morgan fingerprint density at radius 1 is 1.19 bits per heavy atom. The van der Waals surface area contributed by atoms with Crippen molar-refractivity contribution >= 4 is 30.1 Å². The summed E-state index contributed by atoms with van der Waals surface area (Å²) in [5.74, 6) is -0.755. The number of nitro benzene ring substituents is 1. The Bertz CT molecular complexity index is 1020. The highest BCUT2D eigenvalue weighted by Gasteiger charge is 2.32. The number of benzene rings is 2. The van der Waals surface area contributed by atoms with E-state index in [0.29, 0.717) is 16.9 Å². The van der Waals surface area contributed by atoms with Gasteiger partial charge in [0, 0.05) is 22.8 Å². The molecule has 0 aromatic heterocycles. The minimum Gasteiger partial charge on any atom is -0.496 e. The van der Waals surface area contributed by atoms with Gasteiger partial charge in [-0.05, 0) is 45.9 Å². The fraction of sp³-hybridized carbons (Fsp3) is 0.300. The number of carbonyl (C=O) groups is 2. The van der Waals surface area contributed by atoms with Crippen LogP contribution >= 0.6 is 0 Å². The van der Waals surface area contributed by atoms with E-state index in [2.05, 4.69) is 5.43 Å². The minimum absolute atomic E-state index is 0.103. The molecule has 0 bridgehead atoms. The zero-order valence-electron chi connectivity index (χ0n) is 17.9. The van der Waals surface area contributed by atoms with Gasteiger partial charge in [0.1, 0.15) is 5.75 Å². The van der Waals surface area contributed by atoms with E-state index in [1.165, 1.54) is 13.2 Å². The van der Waals surface area contributed by atoms with Crippen LogP contribution in [0.1, 0.15) is 47.1 Å². The Balaban J connectivity index is 2.44. The van der Waals surface area contributed by atoms with E-state index in [1.54, 1.807) is 45.9 Å². The van der Waals surface area contributed by atoms with Crippen LogP contribution in [0.5, 0.6) is 5.75 Å². The smallest absolute Gasteiger partial charge is 0.495 e. The quantitative estimate of drug-likeness (QED) is 0.368. The molecule has 2 rings (SSSR count). The number of hydrogen-bond acceptors (Lipinski definition) is 7. The molecule has 10 nitrogen and oxygen atoms in total. The van der Waals surface area contributed by atoms with E-state index < -0.39 is 35.1 Å². The van der Waals surface area contributed by atoms with Gasteiger partial charge in [-0.25, -0.2) is 5.01 Å². The van der Waals surface area contributed by atoms with Crippen molar-refractivity contribution in [3.05, 3.63) is 63.2 Å². The number of rotatable bonds is 5. The van der Waals surface area contributed by atoms with Gasteiger partial charge in [0.15, 0.2) is 0 Å². The third-order valence-electron chi connectivity index (χ3n) is 4.59. The molecule has 0 unspecified atom stereocenters. The van der Waals surface area contributed by atoms with Crippen LogP contribution in [0.2, 0.25) is 0 Å². The number of hydrogen-bond donors (Lipinski definition) is 3. The largest absolute Gasteiger partial charge is 0.496 e. The van der Waals surface area contributed by atoms with Crippen LogP contribution in [-0.2, 0) is 0 Å². The summed E-state index contributed by atoms with van der Waals surface area (Å²) in [6.07, 6.45) is 0. The van der Waals surface area contributed by atoms with Crippen molar-refractivity contribution in [1.82, 2.24) is 10.4 Å². The molecule has 164 valence electrons. The number of nitrogens with one attached hydrogen (secondary N) is 1. The maximum absolute atomic E-state index is 13.2. The average Bonchev–Trinajstić information content (AvgIpc) is 2.70. The molecule has 0 aliphatic heterocycles. The van der Waals surface area contributed by atoms with Crippen LogP contribution in [0, 0.1) is 17.0 Å². The third-order valence-corrected chi connectivity index (χ3v) is 4.59. The van der Waals surface area contributed by atoms with Crippen molar-refractivity contribution < 1.29 is 29.3 Å². The van der Waals surface area contributed by atoms with E-state index in [9.17, 15) is 29.8 Å². The lowest BCUT2D eigenvalue weighted by Crippen LogP contribution is -2.56. The summed E-state index contributed by atoms with van der Waals surface area (Å²) in [6, 6.07) is 8.19. The predicted octanol–water partition coefficient (Wildman–Crippen LogP) is 1.18. The normalized spacial score (nSPS) is 10.9. The van der Waals surface area contributed by atoms with E-state index in [4.69, 9.17) is 4.74 Å². The maximum Gasteiger partial charge on any atom is 0.495 e. The van der Waals surface area contributed by atoms with Crippen LogP contribution in [0.4, 0.5) is 5.69 Å². The molecule has 2 aromatic rings. The summed E-state index contributed by atoms with van der Waals surface area (Å²) in [5, 5.41) is 31.0. The minimum atomic E-state index is -2.07. The van der Waals surface area contributed by atoms with Crippen LogP contribution in [0.15, 0.2) is 36.4 Å². The molecule has 0 spiro atoms. The number of ether oxygens (including phenoxy) is 1. The Hall–Kier alpha value is -3.44. The van der Waals surface area contributed by atoms with E-state index in [1.807, 2.05) is 0 Å². The summed E-state index contributed by atoms with van der Waals surface area (Å²) in [4.78, 5) is 36.6. The SMILES string of the molecule is COc1cccc(C(=O)NN(C(=O)c2ccc(B(O)O)c([N+](=O)[O-])c2)C(C)(C)C)c1C. The van der Waals surface area contributed by atoms with Gasteiger partial charge in [-0.1, -0.05) is 12.1 Å². The zero-order valence-corrected chi connectivity index (χ0v) is 17.9. The van der Waals surface area contributed by atoms with Crippen molar-refractivity contribution in [2.45, 2.75) is 33.2 Å². The monoisotopic (exact) mass is 429 g/mol. The van der Waals surface area contributed by atoms with Crippen LogP contribution in [0.25, 0.3) is 0 Å². The third kappa shape index (κ3) is 5.19. The molecule has 11 heteroatoms. The van der Waals surface area contributed by atoms with Crippen LogP contribution in [0.3, 0.4) is 0 Å². The Labute approximate surface area is 179 Å². The highest BCUT2D eigenvalue weighted by atomic mass is 16.6. The van der Waals surface area contributed by atoms with E-state index in [0.717, 1.165) is 17.1 Å². The molecular weight excluding hydrogens is 405 g/mol. The van der Waals surface area contributed by atoms with Crippen LogP contribution in [-0.4, -0.2) is 51.6 Å². The van der Waals surface area contributed by atoms with Crippen molar-refractivity contribution in [3.8, 4) is 5.75 Å². The molecule has 0 fully saturated rings. The lowest BCUT2D eigenvalue weighted by atomic mass is 9.78. The number of hydrazine groups is 1. The Morgan fingerprint density at radius 2 is 1.84 bits per heavy atom. The number of carbonyl (C=O) groups excluding carboxylic acids is 2. The van der Waals surface area contributed by atoms with Gasteiger partial charge in [0.25, 0.3) is 17.5 Å². The second kappa shape index (κ2) is 9.15. The van der Waals surface area contributed by atoms with Gasteiger partial charge >= 0.3 is 7.12 Å². The standard InChI is InChI=1S/C20H24BN3O7/c1-12-14(7-6-8-17(12)31-5)18(25)22-23(20(2,3)4)19(26)13-9-10-15(21(27)28)16(11-13)24(29)30/h6-11,27-28H,1-5H3,(H,22,25). The first-order valence-corrected chi connectivity index (χ1v) is 9.32.